The molecule has 110 valence electrons. The number of carbonyl (C=O) groups is 1. The molecule has 0 atom stereocenters. The number of piperidine rings is 1. The van der Waals surface area contributed by atoms with E-state index in [2.05, 4.69) is 34.0 Å². The van der Waals surface area contributed by atoms with Crippen LogP contribution < -0.4 is 10.2 Å². The topological polar surface area (TPSA) is 58.1 Å². The van der Waals surface area contributed by atoms with E-state index < -0.39 is 0 Å². The minimum absolute atomic E-state index is 0.109. The summed E-state index contributed by atoms with van der Waals surface area (Å²) in [6.07, 6.45) is 3.66. The number of hydrogen-bond donors (Lipinski definition) is 1. The SMILES string of the molecule is Cc1nc(C(=O)NCC(C)C)cc(N2CCCCC2)n1. The first-order valence-corrected chi connectivity index (χ1v) is 7.45. The number of nitrogens with one attached hydrogen (secondary N) is 1. The van der Waals surface area contributed by atoms with E-state index in [4.69, 9.17) is 0 Å². The van der Waals surface area contributed by atoms with Crippen molar-refractivity contribution in [2.45, 2.75) is 40.0 Å². The second-order valence-corrected chi connectivity index (χ2v) is 5.81. The first-order valence-electron chi connectivity index (χ1n) is 7.45. The fourth-order valence-corrected chi connectivity index (χ4v) is 2.34. The summed E-state index contributed by atoms with van der Waals surface area (Å²) in [5, 5.41) is 2.91. The molecule has 0 unspecified atom stereocenters. The van der Waals surface area contributed by atoms with Crippen LogP contribution >= 0.6 is 0 Å². The lowest BCUT2D eigenvalue weighted by Gasteiger charge is -2.28. The maximum Gasteiger partial charge on any atom is 0.270 e. The van der Waals surface area contributed by atoms with Gasteiger partial charge in [0, 0.05) is 25.7 Å². The van der Waals surface area contributed by atoms with Crippen molar-refractivity contribution in [3.8, 4) is 0 Å². The summed E-state index contributed by atoms with van der Waals surface area (Å²) in [4.78, 5) is 23.1. The Balaban J connectivity index is 2.13. The van der Waals surface area contributed by atoms with Crippen LogP contribution in [0.2, 0.25) is 0 Å². The number of rotatable bonds is 4. The van der Waals surface area contributed by atoms with Gasteiger partial charge in [-0.3, -0.25) is 4.79 Å². The molecule has 1 fully saturated rings. The molecule has 0 aliphatic carbocycles. The van der Waals surface area contributed by atoms with E-state index in [0.29, 0.717) is 24.0 Å². The smallest absolute Gasteiger partial charge is 0.270 e. The van der Waals surface area contributed by atoms with Gasteiger partial charge in [-0.05, 0) is 32.1 Å². The Kier molecular flexibility index (Phi) is 4.93. The average molecular weight is 276 g/mol. The Labute approximate surface area is 120 Å². The number of aryl methyl sites for hydroxylation is 1. The van der Waals surface area contributed by atoms with Crippen LogP contribution in [0, 0.1) is 12.8 Å². The number of carbonyl (C=O) groups excluding carboxylic acids is 1. The molecule has 1 aromatic rings. The quantitative estimate of drug-likeness (QED) is 0.915. The van der Waals surface area contributed by atoms with Crippen LogP contribution in [0.4, 0.5) is 5.82 Å². The van der Waals surface area contributed by atoms with Gasteiger partial charge < -0.3 is 10.2 Å². The van der Waals surface area contributed by atoms with Crippen molar-refractivity contribution in [2.24, 2.45) is 5.92 Å². The molecule has 0 saturated carbocycles. The number of aromatic nitrogens is 2. The van der Waals surface area contributed by atoms with Crippen molar-refractivity contribution < 1.29 is 4.79 Å². The van der Waals surface area contributed by atoms with Gasteiger partial charge in [-0.25, -0.2) is 9.97 Å². The average Bonchev–Trinajstić information content (AvgIpc) is 2.45. The third-order valence-electron chi connectivity index (χ3n) is 3.41. The molecule has 0 radical (unpaired) electrons. The van der Waals surface area contributed by atoms with Crippen LogP contribution in [0.3, 0.4) is 0 Å². The third-order valence-corrected chi connectivity index (χ3v) is 3.41. The molecule has 5 heteroatoms. The van der Waals surface area contributed by atoms with Crippen molar-refractivity contribution in [3.63, 3.8) is 0 Å². The summed E-state index contributed by atoms with van der Waals surface area (Å²) in [5.74, 6) is 1.86. The van der Waals surface area contributed by atoms with Crippen LogP contribution in [0.15, 0.2) is 6.07 Å². The predicted octanol–water partition coefficient (Wildman–Crippen LogP) is 2.16. The van der Waals surface area contributed by atoms with Gasteiger partial charge in [0.25, 0.3) is 5.91 Å². The zero-order chi connectivity index (χ0) is 14.5. The standard InChI is InChI=1S/C15H24N4O/c1-11(2)10-16-15(20)13-9-14(18-12(3)17-13)19-7-5-4-6-8-19/h9,11H,4-8,10H2,1-3H3,(H,16,20). The summed E-state index contributed by atoms with van der Waals surface area (Å²) >= 11 is 0. The Morgan fingerprint density at radius 3 is 2.65 bits per heavy atom. The zero-order valence-corrected chi connectivity index (χ0v) is 12.6. The molecular formula is C15H24N4O. The fraction of sp³-hybridized carbons (Fsp3) is 0.667. The largest absolute Gasteiger partial charge is 0.356 e. The molecule has 1 aliphatic rings. The summed E-state index contributed by atoms with van der Waals surface area (Å²) in [6.45, 7) is 8.69. The Bertz CT molecular complexity index is 467. The van der Waals surface area contributed by atoms with Crippen LogP contribution in [-0.4, -0.2) is 35.5 Å². The number of nitrogens with zero attached hydrogens (tertiary/aromatic N) is 3. The van der Waals surface area contributed by atoms with Crippen LogP contribution in [0.5, 0.6) is 0 Å². The second-order valence-electron chi connectivity index (χ2n) is 5.81. The Morgan fingerprint density at radius 2 is 2.00 bits per heavy atom. The molecular weight excluding hydrogens is 252 g/mol. The van der Waals surface area contributed by atoms with E-state index in [1.165, 1.54) is 19.3 Å². The van der Waals surface area contributed by atoms with E-state index in [9.17, 15) is 4.79 Å². The van der Waals surface area contributed by atoms with Crippen LogP contribution in [-0.2, 0) is 0 Å². The minimum atomic E-state index is -0.109. The lowest BCUT2D eigenvalue weighted by molar-refractivity contribution is 0.0943. The lowest BCUT2D eigenvalue weighted by atomic mass is 10.1. The third kappa shape index (κ3) is 3.92. The highest BCUT2D eigenvalue weighted by atomic mass is 16.1. The molecule has 1 amide bonds. The second kappa shape index (κ2) is 6.68. The number of anilines is 1. The highest BCUT2D eigenvalue weighted by Gasteiger charge is 2.16. The van der Waals surface area contributed by atoms with Gasteiger partial charge in [-0.15, -0.1) is 0 Å². The van der Waals surface area contributed by atoms with E-state index in [1.807, 2.05) is 13.0 Å². The van der Waals surface area contributed by atoms with E-state index in [1.54, 1.807) is 0 Å². The van der Waals surface area contributed by atoms with Crippen molar-refractivity contribution in [1.29, 1.82) is 0 Å². The molecule has 2 heterocycles. The van der Waals surface area contributed by atoms with Gasteiger partial charge in [-0.1, -0.05) is 13.8 Å². The highest BCUT2D eigenvalue weighted by Crippen LogP contribution is 2.18. The van der Waals surface area contributed by atoms with E-state index in [0.717, 1.165) is 18.9 Å². The zero-order valence-electron chi connectivity index (χ0n) is 12.6. The summed E-state index contributed by atoms with van der Waals surface area (Å²) < 4.78 is 0. The van der Waals surface area contributed by atoms with Gasteiger partial charge in [0.15, 0.2) is 0 Å². The minimum Gasteiger partial charge on any atom is -0.356 e. The Morgan fingerprint density at radius 1 is 1.30 bits per heavy atom. The van der Waals surface area contributed by atoms with Gasteiger partial charge in [-0.2, -0.15) is 0 Å². The molecule has 1 aliphatic heterocycles. The first-order chi connectivity index (χ1) is 9.56. The molecule has 0 aromatic carbocycles. The molecule has 1 saturated heterocycles. The highest BCUT2D eigenvalue weighted by molar-refractivity contribution is 5.92. The molecule has 20 heavy (non-hydrogen) atoms. The summed E-state index contributed by atoms with van der Waals surface area (Å²) in [7, 11) is 0. The normalized spacial score (nSPS) is 15.5. The lowest BCUT2D eigenvalue weighted by Crippen LogP contribution is -2.32. The summed E-state index contributed by atoms with van der Waals surface area (Å²) in [6, 6.07) is 1.81. The molecule has 0 spiro atoms. The molecule has 5 nitrogen and oxygen atoms in total. The van der Waals surface area contributed by atoms with Gasteiger partial charge in [0.2, 0.25) is 0 Å². The van der Waals surface area contributed by atoms with Crippen molar-refractivity contribution in [2.75, 3.05) is 24.5 Å². The number of hydrogen-bond acceptors (Lipinski definition) is 4. The van der Waals surface area contributed by atoms with Crippen LogP contribution in [0.1, 0.15) is 49.4 Å². The van der Waals surface area contributed by atoms with Gasteiger partial charge in [0.1, 0.15) is 17.3 Å². The van der Waals surface area contributed by atoms with E-state index >= 15 is 0 Å². The predicted molar refractivity (Wildman–Crippen MR) is 80.0 cm³/mol. The maximum absolute atomic E-state index is 12.1. The molecule has 1 N–H and O–H groups in total. The van der Waals surface area contributed by atoms with Crippen molar-refractivity contribution in [1.82, 2.24) is 15.3 Å². The Hall–Kier alpha value is -1.65. The first kappa shape index (κ1) is 14.8. The van der Waals surface area contributed by atoms with Gasteiger partial charge in [0.05, 0.1) is 0 Å². The molecule has 1 aromatic heterocycles. The monoisotopic (exact) mass is 276 g/mol. The van der Waals surface area contributed by atoms with Crippen molar-refractivity contribution in [3.05, 3.63) is 17.6 Å². The van der Waals surface area contributed by atoms with E-state index in [-0.39, 0.29) is 5.91 Å². The van der Waals surface area contributed by atoms with Gasteiger partial charge >= 0.3 is 0 Å². The number of amides is 1. The molecule has 2 rings (SSSR count). The molecule has 0 bridgehead atoms. The van der Waals surface area contributed by atoms with Crippen LogP contribution in [0.25, 0.3) is 0 Å². The van der Waals surface area contributed by atoms with Crippen molar-refractivity contribution >= 4 is 11.7 Å². The summed E-state index contributed by atoms with van der Waals surface area (Å²) in [5.41, 5.74) is 0.471. The fourth-order valence-electron chi connectivity index (χ4n) is 2.34. The maximum atomic E-state index is 12.1.